The third-order valence-corrected chi connectivity index (χ3v) is 2.23. The van der Waals surface area contributed by atoms with Gasteiger partial charge in [-0.05, 0) is 6.92 Å². The van der Waals surface area contributed by atoms with E-state index in [1.807, 2.05) is 0 Å². The standard InChI is InChI=1S/C8H15NO5/c1-3-6(11)5(9-4(2)10)7(12)8(13)14-3/h3,5-8,11-13H,1-2H3,(H,9,10)/t3?,5-,6+,7?,8-/m1/s1. The average Bonchev–Trinajstić information content (AvgIpc) is 2.09. The van der Waals surface area contributed by atoms with Crippen molar-refractivity contribution in [3.63, 3.8) is 0 Å². The molecule has 4 N–H and O–H groups in total. The van der Waals surface area contributed by atoms with Crippen LogP contribution in [0.1, 0.15) is 13.8 Å². The van der Waals surface area contributed by atoms with E-state index < -0.39 is 30.6 Å². The molecule has 1 amide bonds. The highest BCUT2D eigenvalue weighted by atomic mass is 16.6. The largest absolute Gasteiger partial charge is 0.388 e. The molecule has 1 fully saturated rings. The first-order chi connectivity index (χ1) is 6.43. The van der Waals surface area contributed by atoms with Gasteiger partial charge in [-0.3, -0.25) is 4.79 Å². The van der Waals surface area contributed by atoms with Crippen molar-refractivity contribution < 1.29 is 24.9 Å². The molecule has 6 nitrogen and oxygen atoms in total. The fourth-order valence-corrected chi connectivity index (χ4v) is 1.46. The van der Waals surface area contributed by atoms with E-state index in [2.05, 4.69) is 5.32 Å². The van der Waals surface area contributed by atoms with Crippen molar-refractivity contribution in [3.05, 3.63) is 0 Å². The van der Waals surface area contributed by atoms with Crippen LogP contribution in [0.15, 0.2) is 0 Å². The number of nitrogens with one attached hydrogen (secondary N) is 1. The second-order valence-corrected chi connectivity index (χ2v) is 3.44. The zero-order valence-corrected chi connectivity index (χ0v) is 8.04. The predicted molar refractivity (Wildman–Crippen MR) is 46.2 cm³/mol. The van der Waals surface area contributed by atoms with Gasteiger partial charge in [0.25, 0.3) is 0 Å². The molecule has 6 heteroatoms. The lowest BCUT2D eigenvalue weighted by Gasteiger charge is -2.39. The van der Waals surface area contributed by atoms with Crippen LogP contribution < -0.4 is 5.32 Å². The Bertz CT molecular complexity index is 208. The molecular formula is C8H15NO5. The molecule has 1 saturated heterocycles. The maximum Gasteiger partial charge on any atom is 0.217 e. The Kier molecular flexibility index (Phi) is 3.43. The number of aliphatic hydroxyl groups excluding tert-OH is 3. The number of amides is 1. The van der Waals surface area contributed by atoms with E-state index in [0.29, 0.717) is 0 Å². The van der Waals surface area contributed by atoms with Crippen molar-refractivity contribution in [1.29, 1.82) is 0 Å². The molecule has 0 aliphatic carbocycles. The van der Waals surface area contributed by atoms with Gasteiger partial charge in [0.05, 0.1) is 12.1 Å². The quantitative estimate of drug-likeness (QED) is 0.395. The lowest BCUT2D eigenvalue weighted by Crippen LogP contribution is -2.62. The zero-order chi connectivity index (χ0) is 10.9. The number of carbonyl (C=O) groups excluding carboxylic acids is 1. The van der Waals surface area contributed by atoms with Gasteiger partial charge in [0.2, 0.25) is 5.91 Å². The molecule has 14 heavy (non-hydrogen) atoms. The molecule has 2 unspecified atom stereocenters. The molecule has 5 atom stereocenters. The van der Waals surface area contributed by atoms with Crippen molar-refractivity contribution in [1.82, 2.24) is 5.32 Å². The van der Waals surface area contributed by atoms with Gasteiger partial charge in [0.15, 0.2) is 6.29 Å². The molecule has 0 aromatic heterocycles. The summed E-state index contributed by atoms with van der Waals surface area (Å²) in [5.41, 5.74) is 0. The van der Waals surface area contributed by atoms with Crippen molar-refractivity contribution in [2.45, 2.75) is 44.5 Å². The summed E-state index contributed by atoms with van der Waals surface area (Å²) in [7, 11) is 0. The Morgan fingerprint density at radius 2 is 1.86 bits per heavy atom. The minimum Gasteiger partial charge on any atom is -0.388 e. The van der Waals surface area contributed by atoms with Gasteiger partial charge in [-0.2, -0.15) is 0 Å². The van der Waals surface area contributed by atoms with E-state index >= 15 is 0 Å². The summed E-state index contributed by atoms with van der Waals surface area (Å²) in [5, 5.41) is 30.6. The van der Waals surface area contributed by atoms with E-state index in [-0.39, 0.29) is 5.91 Å². The summed E-state index contributed by atoms with van der Waals surface area (Å²) in [6, 6.07) is -0.897. The van der Waals surface area contributed by atoms with Crippen molar-refractivity contribution in [3.8, 4) is 0 Å². The third-order valence-electron chi connectivity index (χ3n) is 2.23. The summed E-state index contributed by atoms with van der Waals surface area (Å²) >= 11 is 0. The average molecular weight is 205 g/mol. The SMILES string of the molecule is CC(=O)N[C@H]1C(O)[C@H](O)OC(C)[C@@H]1O. The second-order valence-electron chi connectivity index (χ2n) is 3.44. The van der Waals surface area contributed by atoms with Crippen molar-refractivity contribution in [2.24, 2.45) is 0 Å². The first kappa shape index (κ1) is 11.4. The van der Waals surface area contributed by atoms with E-state index in [4.69, 9.17) is 4.74 Å². The van der Waals surface area contributed by atoms with Gasteiger partial charge in [0.1, 0.15) is 12.2 Å². The van der Waals surface area contributed by atoms with Crippen LogP contribution in [0.2, 0.25) is 0 Å². The van der Waals surface area contributed by atoms with Crippen molar-refractivity contribution in [2.75, 3.05) is 0 Å². The first-order valence-corrected chi connectivity index (χ1v) is 4.40. The minimum absolute atomic E-state index is 0.380. The molecule has 82 valence electrons. The smallest absolute Gasteiger partial charge is 0.217 e. The van der Waals surface area contributed by atoms with Crippen LogP contribution in [0, 0.1) is 0 Å². The van der Waals surface area contributed by atoms with Gasteiger partial charge >= 0.3 is 0 Å². The van der Waals surface area contributed by atoms with Gasteiger partial charge < -0.3 is 25.4 Å². The van der Waals surface area contributed by atoms with Gasteiger partial charge in [-0.25, -0.2) is 0 Å². The molecule has 0 spiro atoms. The summed E-state index contributed by atoms with van der Waals surface area (Å²) in [6.45, 7) is 2.82. The van der Waals surface area contributed by atoms with Crippen LogP contribution in [0.5, 0.6) is 0 Å². The number of hydrogen-bond donors (Lipinski definition) is 4. The van der Waals surface area contributed by atoms with Crippen LogP contribution in [-0.2, 0) is 9.53 Å². The Labute approximate surface area is 81.5 Å². The summed E-state index contributed by atoms with van der Waals surface area (Å²) < 4.78 is 4.83. The molecule has 0 bridgehead atoms. The lowest BCUT2D eigenvalue weighted by atomic mass is 9.97. The summed E-state index contributed by atoms with van der Waals surface area (Å²) in [5.74, 6) is -0.380. The molecule has 1 aliphatic heterocycles. The predicted octanol–water partition coefficient (Wildman–Crippen LogP) is -2.05. The molecule has 0 aromatic carbocycles. The molecule has 0 aromatic rings. The Morgan fingerprint density at radius 3 is 2.36 bits per heavy atom. The third kappa shape index (κ3) is 2.21. The van der Waals surface area contributed by atoms with Crippen LogP contribution in [0.3, 0.4) is 0 Å². The molecular weight excluding hydrogens is 190 g/mol. The number of rotatable bonds is 1. The maximum absolute atomic E-state index is 10.8. The van der Waals surface area contributed by atoms with Crippen LogP contribution in [0.4, 0.5) is 0 Å². The first-order valence-electron chi connectivity index (χ1n) is 4.40. The minimum atomic E-state index is -1.38. The number of aliphatic hydroxyl groups is 3. The molecule has 1 heterocycles. The molecule has 0 saturated carbocycles. The highest BCUT2D eigenvalue weighted by Gasteiger charge is 2.42. The summed E-state index contributed by atoms with van der Waals surface area (Å²) in [6.07, 6.45) is -4.36. The van der Waals surface area contributed by atoms with Crippen LogP contribution in [-0.4, -0.2) is 51.9 Å². The molecule has 0 radical (unpaired) electrons. The maximum atomic E-state index is 10.8. The van der Waals surface area contributed by atoms with Crippen molar-refractivity contribution >= 4 is 5.91 Å². The normalized spacial score (nSPS) is 43.4. The number of hydrogen-bond acceptors (Lipinski definition) is 5. The van der Waals surface area contributed by atoms with Crippen LogP contribution >= 0.6 is 0 Å². The Balaban J connectivity index is 2.71. The van der Waals surface area contributed by atoms with Gasteiger partial charge in [-0.1, -0.05) is 0 Å². The number of carbonyl (C=O) groups is 1. The number of ether oxygens (including phenoxy) is 1. The van der Waals surface area contributed by atoms with Crippen LogP contribution in [0.25, 0.3) is 0 Å². The summed E-state index contributed by atoms with van der Waals surface area (Å²) in [4.78, 5) is 10.8. The van der Waals surface area contributed by atoms with E-state index in [0.717, 1.165) is 0 Å². The fraction of sp³-hybridized carbons (Fsp3) is 0.875. The highest BCUT2D eigenvalue weighted by Crippen LogP contribution is 2.19. The Hall–Kier alpha value is -0.690. The van der Waals surface area contributed by atoms with E-state index in [9.17, 15) is 20.1 Å². The monoisotopic (exact) mass is 205 g/mol. The zero-order valence-electron chi connectivity index (χ0n) is 8.04. The molecule has 1 rings (SSSR count). The van der Waals surface area contributed by atoms with E-state index in [1.54, 1.807) is 6.92 Å². The topological polar surface area (TPSA) is 99.0 Å². The van der Waals surface area contributed by atoms with E-state index in [1.165, 1.54) is 6.92 Å². The fourth-order valence-electron chi connectivity index (χ4n) is 1.46. The lowest BCUT2D eigenvalue weighted by molar-refractivity contribution is -0.251. The highest BCUT2D eigenvalue weighted by molar-refractivity contribution is 5.73. The van der Waals surface area contributed by atoms with Gasteiger partial charge in [-0.15, -0.1) is 0 Å². The van der Waals surface area contributed by atoms with Gasteiger partial charge in [0, 0.05) is 6.92 Å². The second kappa shape index (κ2) is 4.22. The molecule has 1 aliphatic rings. The Morgan fingerprint density at radius 1 is 1.29 bits per heavy atom.